The number of carbonyl (C=O) groups is 3. The summed E-state index contributed by atoms with van der Waals surface area (Å²) in [7, 11) is 0. The second-order valence-electron chi connectivity index (χ2n) is 6.98. The molecule has 2 fully saturated rings. The van der Waals surface area contributed by atoms with E-state index in [0.717, 1.165) is 4.90 Å². The van der Waals surface area contributed by atoms with Crippen LogP contribution in [-0.2, 0) is 24.7 Å². The van der Waals surface area contributed by atoms with E-state index in [2.05, 4.69) is 10.6 Å². The number of hydrogen-bond donors (Lipinski definition) is 2. The summed E-state index contributed by atoms with van der Waals surface area (Å²) in [6.45, 7) is 3.37. The van der Waals surface area contributed by atoms with Gasteiger partial charge in [-0.1, -0.05) is 23.2 Å². The Labute approximate surface area is 169 Å². The number of thiocarbonyl (C=S) groups is 1. The van der Waals surface area contributed by atoms with Crippen molar-refractivity contribution in [3.8, 4) is 0 Å². The molecule has 0 saturated carbocycles. The van der Waals surface area contributed by atoms with Crippen molar-refractivity contribution in [1.82, 2.24) is 10.2 Å². The number of cyclic esters (lactones) is 1. The van der Waals surface area contributed by atoms with Gasteiger partial charge in [0.2, 0.25) is 5.60 Å². The standard InChI is InChI=1S/C16H13Cl2N3O5S/c1-15(2)5-25-14(24)21(15)11(22)10-16(26-13(27)20-10)8-6(17)3-4-7(18)9(8)19-12(16)23/h3-4,10H,5H2,1-2H3,(H,19,23)(H,20,27)/t10-,16-/m1/s1. The monoisotopic (exact) mass is 429 g/mol. The summed E-state index contributed by atoms with van der Waals surface area (Å²) < 4.78 is 10.6. The SMILES string of the molecule is CC1(C)COC(=O)N1C(=O)[C@H]1NC(=S)O[C@@]12C(=O)Nc1c(Cl)ccc(Cl)c12. The molecule has 2 saturated heterocycles. The largest absolute Gasteiger partial charge is 0.447 e. The van der Waals surface area contributed by atoms with Crippen LogP contribution in [0.5, 0.6) is 0 Å². The smallest absolute Gasteiger partial charge is 0.417 e. The molecule has 27 heavy (non-hydrogen) atoms. The molecule has 0 aliphatic carbocycles. The number of imide groups is 1. The van der Waals surface area contributed by atoms with E-state index in [9.17, 15) is 14.4 Å². The van der Waals surface area contributed by atoms with Crippen molar-refractivity contribution in [2.45, 2.75) is 31.0 Å². The summed E-state index contributed by atoms with van der Waals surface area (Å²) in [6.07, 6.45) is -0.810. The van der Waals surface area contributed by atoms with E-state index in [4.69, 9.17) is 44.9 Å². The third-order valence-electron chi connectivity index (χ3n) is 4.78. The van der Waals surface area contributed by atoms with E-state index in [1.54, 1.807) is 13.8 Å². The predicted octanol–water partition coefficient (Wildman–Crippen LogP) is 2.17. The Balaban J connectivity index is 1.88. The summed E-state index contributed by atoms with van der Waals surface area (Å²) >= 11 is 17.6. The number of nitrogens with one attached hydrogen (secondary N) is 2. The van der Waals surface area contributed by atoms with Crippen molar-refractivity contribution >= 4 is 64.2 Å². The van der Waals surface area contributed by atoms with Gasteiger partial charge in [-0.25, -0.2) is 9.69 Å². The van der Waals surface area contributed by atoms with E-state index < -0.39 is 35.1 Å². The average Bonchev–Trinajstić information content (AvgIpc) is 3.17. The zero-order chi connectivity index (χ0) is 19.7. The van der Waals surface area contributed by atoms with Crippen LogP contribution in [0.4, 0.5) is 10.5 Å². The maximum Gasteiger partial charge on any atom is 0.417 e. The number of halogens is 2. The highest BCUT2D eigenvalue weighted by Crippen LogP contribution is 2.50. The number of fused-ring (bicyclic) bond motifs is 2. The molecule has 2 atom stereocenters. The number of rotatable bonds is 1. The average molecular weight is 430 g/mol. The summed E-state index contributed by atoms with van der Waals surface area (Å²) in [5.74, 6) is -1.38. The highest BCUT2D eigenvalue weighted by molar-refractivity contribution is 7.80. The van der Waals surface area contributed by atoms with Crippen molar-refractivity contribution in [1.29, 1.82) is 0 Å². The van der Waals surface area contributed by atoms with E-state index in [1.165, 1.54) is 12.1 Å². The molecule has 3 aliphatic rings. The van der Waals surface area contributed by atoms with Gasteiger partial charge in [-0.3, -0.25) is 9.59 Å². The number of anilines is 1. The molecule has 0 aromatic heterocycles. The summed E-state index contributed by atoms with van der Waals surface area (Å²) in [5, 5.41) is 5.52. The molecule has 11 heteroatoms. The minimum Gasteiger partial charge on any atom is -0.447 e. The van der Waals surface area contributed by atoms with Gasteiger partial charge in [-0.2, -0.15) is 0 Å². The number of carbonyl (C=O) groups excluding carboxylic acids is 3. The summed E-state index contributed by atoms with van der Waals surface area (Å²) in [5.41, 5.74) is -2.36. The first-order chi connectivity index (χ1) is 12.6. The molecule has 3 aliphatic heterocycles. The third-order valence-corrected chi connectivity index (χ3v) is 5.61. The molecule has 1 spiro atoms. The van der Waals surface area contributed by atoms with Crippen LogP contribution in [0.2, 0.25) is 10.0 Å². The fourth-order valence-corrected chi connectivity index (χ4v) is 4.30. The molecule has 1 aromatic rings. The lowest BCUT2D eigenvalue weighted by Gasteiger charge is -2.32. The fraction of sp³-hybridized carbons (Fsp3) is 0.375. The Morgan fingerprint density at radius 2 is 1.96 bits per heavy atom. The highest BCUT2D eigenvalue weighted by Gasteiger charge is 2.65. The topological polar surface area (TPSA) is 97.0 Å². The molecule has 3 heterocycles. The van der Waals surface area contributed by atoms with E-state index in [-0.39, 0.29) is 33.1 Å². The maximum absolute atomic E-state index is 13.3. The fourth-order valence-electron chi connectivity index (χ4n) is 3.55. The second-order valence-corrected chi connectivity index (χ2v) is 8.16. The first-order valence-corrected chi connectivity index (χ1v) is 9.06. The van der Waals surface area contributed by atoms with Crippen LogP contribution in [-0.4, -0.2) is 46.2 Å². The van der Waals surface area contributed by atoms with Gasteiger partial charge in [0.15, 0.2) is 6.04 Å². The molecule has 1 aromatic carbocycles. The van der Waals surface area contributed by atoms with Crippen LogP contribution in [0.25, 0.3) is 0 Å². The zero-order valence-corrected chi connectivity index (χ0v) is 16.4. The number of nitrogens with zero attached hydrogens (tertiary/aromatic N) is 1. The Morgan fingerprint density at radius 1 is 1.30 bits per heavy atom. The molecule has 2 N–H and O–H groups in total. The Bertz CT molecular complexity index is 937. The van der Waals surface area contributed by atoms with Crippen molar-refractivity contribution in [3.05, 3.63) is 27.7 Å². The molecule has 3 amide bonds. The second kappa shape index (κ2) is 5.70. The van der Waals surface area contributed by atoms with Gasteiger partial charge in [-0.05, 0) is 38.2 Å². The minimum absolute atomic E-state index is 0.0258. The Kier molecular flexibility index (Phi) is 3.86. The summed E-state index contributed by atoms with van der Waals surface area (Å²) in [6, 6.07) is 1.68. The van der Waals surface area contributed by atoms with Gasteiger partial charge >= 0.3 is 6.09 Å². The Morgan fingerprint density at radius 3 is 2.59 bits per heavy atom. The molecule has 0 bridgehead atoms. The highest BCUT2D eigenvalue weighted by atomic mass is 35.5. The van der Waals surface area contributed by atoms with Crippen LogP contribution in [0.3, 0.4) is 0 Å². The maximum atomic E-state index is 13.3. The molecule has 4 rings (SSSR count). The predicted molar refractivity (Wildman–Crippen MR) is 99.6 cm³/mol. The quantitative estimate of drug-likeness (QED) is 0.660. The van der Waals surface area contributed by atoms with Gasteiger partial charge < -0.3 is 20.1 Å². The normalized spacial score (nSPS) is 27.9. The lowest BCUT2D eigenvalue weighted by Crippen LogP contribution is -2.59. The van der Waals surface area contributed by atoms with Crippen molar-refractivity contribution in [2.75, 3.05) is 11.9 Å². The lowest BCUT2D eigenvalue weighted by molar-refractivity contribution is -0.144. The van der Waals surface area contributed by atoms with Crippen LogP contribution in [0.1, 0.15) is 19.4 Å². The van der Waals surface area contributed by atoms with Gasteiger partial charge in [0.25, 0.3) is 17.0 Å². The zero-order valence-electron chi connectivity index (χ0n) is 14.1. The third kappa shape index (κ3) is 2.35. The van der Waals surface area contributed by atoms with Gasteiger partial charge in [0.05, 0.1) is 26.8 Å². The van der Waals surface area contributed by atoms with E-state index in [1.807, 2.05) is 0 Å². The van der Waals surface area contributed by atoms with Gasteiger partial charge in [0.1, 0.15) is 6.61 Å². The Hall–Kier alpha value is -2.10. The van der Waals surface area contributed by atoms with Crippen LogP contribution in [0.15, 0.2) is 12.1 Å². The van der Waals surface area contributed by atoms with Crippen molar-refractivity contribution in [3.63, 3.8) is 0 Å². The molecule has 0 unspecified atom stereocenters. The molecular formula is C16H13Cl2N3O5S. The number of hydrogen-bond acceptors (Lipinski definition) is 6. The number of ether oxygens (including phenoxy) is 2. The number of amides is 3. The first-order valence-electron chi connectivity index (χ1n) is 7.90. The molecule has 142 valence electrons. The summed E-state index contributed by atoms with van der Waals surface area (Å²) in [4.78, 5) is 39.3. The first kappa shape index (κ1) is 18.3. The van der Waals surface area contributed by atoms with E-state index >= 15 is 0 Å². The van der Waals surface area contributed by atoms with Gasteiger partial charge in [-0.15, -0.1) is 0 Å². The van der Waals surface area contributed by atoms with Crippen LogP contribution < -0.4 is 10.6 Å². The lowest BCUT2D eigenvalue weighted by atomic mass is 9.86. The minimum atomic E-state index is -1.88. The molecular weight excluding hydrogens is 417 g/mol. The van der Waals surface area contributed by atoms with Gasteiger partial charge in [0, 0.05) is 0 Å². The van der Waals surface area contributed by atoms with Crippen LogP contribution in [0, 0.1) is 0 Å². The van der Waals surface area contributed by atoms with Crippen LogP contribution >= 0.6 is 35.4 Å². The van der Waals surface area contributed by atoms with Crippen molar-refractivity contribution in [2.24, 2.45) is 0 Å². The van der Waals surface area contributed by atoms with E-state index in [0.29, 0.717) is 0 Å². The molecule has 8 nitrogen and oxygen atoms in total. The molecule has 0 radical (unpaired) electrons. The van der Waals surface area contributed by atoms with Crippen molar-refractivity contribution < 1.29 is 23.9 Å². The number of benzene rings is 1.